The van der Waals surface area contributed by atoms with E-state index < -0.39 is 5.60 Å². The molecule has 0 radical (unpaired) electrons. The maximum atomic E-state index is 13.0. The summed E-state index contributed by atoms with van der Waals surface area (Å²) in [6.45, 7) is 10.4. The minimum Gasteiger partial charge on any atom is -0.385 e. The number of benzene rings is 1. The summed E-state index contributed by atoms with van der Waals surface area (Å²) in [5.41, 5.74) is 6.75. The van der Waals surface area contributed by atoms with Crippen molar-refractivity contribution in [1.29, 1.82) is 0 Å². The minimum absolute atomic E-state index is 0.190. The lowest BCUT2D eigenvalue weighted by Gasteiger charge is -2.45. The topological polar surface area (TPSA) is 115 Å². The molecule has 2 unspecified atom stereocenters. The van der Waals surface area contributed by atoms with Crippen LogP contribution in [0.25, 0.3) is 0 Å². The molecule has 0 saturated carbocycles. The van der Waals surface area contributed by atoms with Gasteiger partial charge in [-0.15, -0.1) is 6.58 Å². The quantitative estimate of drug-likeness (QED) is 0.293. The zero-order valence-electron chi connectivity index (χ0n) is 24.2. The number of nitrogens with one attached hydrogen (secondary N) is 3. The normalized spacial score (nSPS) is 22.9. The van der Waals surface area contributed by atoms with Crippen LogP contribution in [0.3, 0.4) is 0 Å². The molecule has 3 aliphatic rings. The standard InChI is InChI=1S/C32H39N7O2/c1-5-12-33-29(40)24-17-35-30(38-28(24)37-26-15-25-21(16-34-26)9-11-32(25,41)6-2)36-23-13-20-8-7-10-31(3)19-39(4)18-22(14-23)27(20)31/h5,13-17,41H,1,6-12,18-19H2,2-4H3,(H,33,40)(H2,34,35,36,37,38). The third kappa shape index (κ3) is 5.08. The number of aryl methyl sites for hydroxylation is 2. The highest BCUT2D eigenvalue weighted by atomic mass is 16.3. The van der Waals surface area contributed by atoms with Gasteiger partial charge in [-0.05, 0) is 91.6 Å². The number of pyridine rings is 1. The number of hydrogen-bond acceptors (Lipinski definition) is 8. The Morgan fingerprint density at radius 1 is 1.12 bits per heavy atom. The SMILES string of the molecule is C=CCNC(=O)c1cnc(Nc2cc3c4c(c2)CN(C)CC4(C)CCC3)nc1Nc1cc2c(cn1)CCC2(O)CC. The van der Waals surface area contributed by atoms with E-state index in [1.165, 1.54) is 35.7 Å². The third-order valence-electron chi connectivity index (χ3n) is 8.96. The molecule has 9 heteroatoms. The van der Waals surface area contributed by atoms with Gasteiger partial charge in [0.05, 0.1) is 5.60 Å². The predicted octanol–water partition coefficient (Wildman–Crippen LogP) is 4.86. The molecule has 0 saturated heterocycles. The second-order valence-corrected chi connectivity index (χ2v) is 12.1. The lowest BCUT2D eigenvalue weighted by Crippen LogP contribution is -2.44. The molecule has 6 rings (SSSR count). The van der Waals surface area contributed by atoms with Gasteiger partial charge in [0, 0.05) is 43.1 Å². The Morgan fingerprint density at radius 3 is 2.76 bits per heavy atom. The molecule has 4 N–H and O–H groups in total. The molecule has 1 amide bonds. The molecular formula is C32H39N7O2. The van der Waals surface area contributed by atoms with Gasteiger partial charge in [-0.1, -0.05) is 19.9 Å². The van der Waals surface area contributed by atoms with E-state index >= 15 is 0 Å². The number of carbonyl (C=O) groups is 1. The van der Waals surface area contributed by atoms with Gasteiger partial charge < -0.3 is 26.0 Å². The van der Waals surface area contributed by atoms with Crippen molar-refractivity contribution in [2.45, 2.75) is 69.9 Å². The zero-order valence-corrected chi connectivity index (χ0v) is 24.2. The fraction of sp³-hybridized carbons (Fsp3) is 0.438. The summed E-state index contributed by atoms with van der Waals surface area (Å²) < 4.78 is 0. The van der Waals surface area contributed by atoms with Crippen molar-refractivity contribution in [1.82, 2.24) is 25.2 Å². The van der Waals surface area contributed by atoms with Crippen LogP contribution in [0.5, 0.6) is 0 Å². The summed E-state index contributed by atoms with van der Waals surface area (Å²) in [4.78, 5) is 29.2. The van der Waals surface area contributed by atoms with E-state index in [2.05, 4.69) is 63.5 Å². The smallest absolute Gasteiger partial charge is 0.256 e. The number of rotatable bonds is 8. The number of likely N-dealkylation sites (N-methyl/N-ethyl adjacent to an activating group) is 1. The predicted molar refractivity (Wildman–Crippen MR) is 161 cm³/mol. The van der Waals surface area contributed by atoms with Gasteiger partial charge in [-0.3, -0.25) is 4.79 Å². The molecular weight excluding hydrogens is 514 g/mol. The van der Waals surface area contributed by atoms with Crippen LogP contribution in [0.15, 0.2) is 43.2 Å². The number of fused-ring (bicyclic) bond motifs is 1. The van der Waals surface area contributed by atoms with Gasteiger partial charge >= 0.3 is 0 Å². The van der Waals surface area contributed by atoms with Crippen molar-refractivity contribution < 1.29 is 9.90 Å². The maximum Gasteiger partial charge on any atom is 0.256 e. The van der Waals surface area contributed by atoms with Gasteiger partial charge in [0.15, 0.2) is 0 Å². The highest BCUT2D eigenvalue weighted by molar-refractivity contribution is 5.99. The van der Waals surface area contributed by atoms with Crippen LogP contribution in [0, 0.1) is 0 Å². The number of anilines is 4. The number of amides is 1. The lowest BCUT2D eigenvalue weighted by atomic mass is 9.67. The Morgan fingerprint density at radius 2 is 1.95 bits per heavy atom. The first-order valence-corrected chi connectivity index (χ1v) is 14.6. The van der Waals surface area contributed by atoms with Gasteiger partial charge in [0.1, 0.15) is 17.2 Å². The first-order valence-electron chi connectivity index (χ1n) is 14.6. The number of hydrogen-bond donors (Lipinski definition) is 4. The molecule has 1 aliphatic heterocycles. The van der Waals surface area contributed by atoms with Crippen molar-refractivity contribution in [3.63, 3.8) is 0 Å². The first kappa shape index (κ1) is 27.4. The number of aliphatic hydroxyl groups is 1. The van der Waals surface area contributed by atoms with Crippen molar-refractivity contribution in [3.8, 4) is 0 Å². The summed E-state index contributed by atoms with van der Waals surface area (Å²) in [6, 6.07) is 6.32. The van der Waals surface area contributed by atoms with Crippen LogP contribution in [0.1, 0.15) is 77.7 Å². The van der Waals surface area contributed by atoms with Crippen molar-refractivity contribution in [3.05, 3.63) is 76.6 Å². The monoisotopic (exact) mass is 553 g/mol. The zero-order chi connectivity index (χ0) is 28.8. The van der Waals surface area contributed by atoms with E-state index in [0.717, 1.165) is 42.7 Å². The Balaban J connectivity index is 1.34. The Kier molecular flexibility index (Phi) is 7.03. The number of nitrogens with zero attached hydrogens (tertiary/aromatic N) is 4. The number of aromatic nitrogens is 3. The van der Waals surface area contributed by atoms with Crippen LogP contribution >= 0.6 is 0 Å². The molecule has 2 atom stereocenters. The van der Waals surface area contributed by atoms with Gasteiger partial charge in [-0.25, -0.2) is 9.97 Å². The maximum absolute atomic E-state index is 13.0. The third-order valence-corrected chi connectivity index (χ3v) is 8.96. The molecule has 2 aromatic heterocycles. The van der Waals surface area contributed by atoms with Crippen LogP contribution in [-0.2, 0) is 30.4 Å². The first-order chi connectivity index (χ1) is 19.7. The summed E-state index contributed by atoms with van der Waals surface area (Å²) in [5.74, 6) is 0.918. The molecule has 0 bridgehead atoms. The van der Waals surface area contributed by atoms with Gasteiger partial charge in [-0.2, -0.15) is 4.98 Å². The largest absolute Gasteiger partial charge is 0.385 e. The van der Waals surface area contributed by atoms with Gasteiger partial charge in [0.25, 0.3) is 5.91 Å². The molecule has 3 aromatic rings. The lowest BCUT2D eigenvalue weighted by molar-refractivity contribution is 0.0346. The molecule has 214 valence electrons. The van der Waals surface area contributed by atoms with E-state index in [-0.39, 0.29) is 11.3 Å². The summed E-state index contributed by atoms with van der Waals surface area (Å²) >= 11 is 0. The highest BCUT2D eigenvalue weighted by Crippen LogP contribution is 2.44. The summed E-state index contributed by atoms with van der Waals surface area (Å²) in [7, 11) is 2.19. The van der Waals surface area contributed by atoms with Crippen molar-refractivity contribution in [2.75, 3.05) is 30.8 Å². The van der Waals surface area contributed by atoms with E-state index in [1.807, 2.05) is 13.0 Å². The number of carbonyl (C=O) groups excluding carboxylic acids is 1. The average molecular weight is 554 g/mol. The Bertz CT molecular complexity index is 1520. The van der Waals surface area contributed by atoms with Crippen molar-refractivity contribution in [2.24, 2.45) is 0 Å². The average Bonchev–Trinajstić information content (AvgIpc) is 3.27. The molecule has 2 aliphatic carbocycles. The Hall–Kier alpha value is -3.82. The molecule has 1 aromatic carbocycles. The molecule has 9 nitrogen and oxygen atoms in total. The second kappa shape index (κ2) is 10.5. The van der Waals surface area contributed by atoms with Crippen LogP contribution in [0.4, 0.5) is 23.3 Å². The molecule has 0 fully saturated rings. The van der Waals surface area contributed by atoms with Crippen LogP contribution in [-0.4, -0.2) is 51.0 Å². The Labute approximate surface area is 241 Å². The van der Waals surface area contributed by atoms with Crippen LogP contribution < -0.4 is 16.0 Å². The van der Waals surface area contributed by atoms with Crippen molar-refractivity contribution >= 4 is 29.2 Å². The van der Waals surface area contributed by atoms with Gasteiger partial charge in [0.2, 0.25) is 5.95 Å². The molecule has 41 heavy (non-hydrogen) atoms. The van der Waals surface area contributed by atoms with E-state index in [4.69, 9.17) is 4.98 Å². The van der Waals surface area contributed by atoms with Crippen LogP contribution in [0.2, 0.25) is 0 Å². The molecule has 3 heterocycles. The van der Waals surface area contributed by atoms with E-state index in [1.54, 1.807) is 12.3 Å². The fourth-order valence-corrected chi connectivity index (χ4v) is 7.07. The molecule has 0 spiro atoms. The highest BCUT2D eigenvalue weighted by Gasteiger charge is 2.39. The summed E-state index contributed by atoms with van der Waals surface area (Å²) in [5, 5.41) is 20.6. The van der Waals surface area contributed by atoms with E-state index in [0.29, 0.717) is 42.5 Å². The fourth-order valence-electron chi connectivity index (χ4n) is 7.07. The summed E-state index contributed by atoms with van der Waals surface area (Å²) in [6.07, 6.45) is 10.5. The minimum atomic E-state index is -0.867. The second-order valence-electron chi connectivity index (χ2n) is 12.1. The van der Waals surface area contributed by atoms with E-state index in [9.17, 15) is 9.90 Å².